The maximum absolute atomic E-state index is 12.6. The first kappa shape index (κ1) is 15.6. The molecule has 0 unspecified atom stereocenters. The molecule has 108 valence electrons. The number of anilines is 1. The third-order valence-electron chi connectivity index (χ3n) is 2.77. The Kier molecular flexibility index (Phi) is 5.05. The average Bonchev–Trinajstić information content (AvgIpc) is 2.33. The van der Waals surface area contributed by atoms with E-state index in [1.54, 1.807) is 25.1 Å². The number of ether oxygens (including phenoxy) is 1. The van der Waals surface area contributed by atoms with Gasteiger partial charge >= 0.3 is 6.18 Å². The molecule has 1 N–H and O–H groups in total. The zero-order chi connectivity index (χ0) is 14.6. The van der Waals surface area contributed by atoms with Gasteiger partial charge in [-0.2, -0.15) is 13.2 Å². The van der Waals surface area contributed by atoms with Gasteiger partial charge in [0.15, 0.2) is 0 Å². The number of hydrogen-bond donors (Lipinski definition) is 1. The molecule has 0 aliphatic rings. The number of hydrogen-bond acceptors (Lipinski definition) is 3. The van der Waals surface area contributed by atoms with Crippen LogP contribution in [-0.4, -0.2) is 31.5 Å². The van der Waals surface area contributed by atoms with Gasteiger partial charge in [0.25, 0.3) is 0 Å². The number of benzene rings is 1. The summed E-state index contributed by atoms with van der Waals surface area (Å²) in [6.07, 6.45) is -5.21. The second-order valence-electron chi connectivity index (χ2n) is 4.20. The Balaban J connectivity index is 3.23. The van der Waals surface area contributed by atoms with Crippen molar-refractivity contribution in [3.05, 3.63) is 23.8 Å². The summed E-state index contributed by atoms with van der Waals surface area (Å²) in [6.45, 7) is 2.27. The van der Waals surface area contributed by atoms with Crippen molar-refractivity contribution in [2.75, 3.05) is 25.1 Å². The van der Waals surface area contributed by atoms with Gasteiger partial charge in [-0.3, -0.25) is 0 Å². The van der Waals surface area contributed by atoms with E-state index in [4.69, 9.17) is 4.74 Å². The van der Waals surface area contributed by atoms with E-state index >= 15 is 0 Å². The lowest BCUT2D eigenvalue weighted by Gasteiger charge is -2.28. The topological polar surface area (TPSA) is 32.7 Å². The molecule has 1 aromatic rings. The van der Waals surface area contributed by atoms with E-state index in [2.05, 4.69) is 0 Å². The zero-order valence-corrected chi connectivity index (χ0v) is 11.2. The van der Waals surface area contributed by atoms with E-state index in [-0.39, 0.29) is 6.54 Å². The third kappa shape index (κ3) is 4.02. The number of alkyl halides is 3. The highest BCUT2D eigenvalue weighted by Crippen LogP contribution is 2.35. The summed E-state index contributed by atoms with van der Waals surface area (Å²) in [4.78, 5) is 1.17. The molecule has 1 aromatic carbocycles. The standard InChI is InChI=1S/C13H18F3NO2/c1-4-17(8-13(14,15)16)10-6-5-7-11(19-3)12(10)9(2)18/h5-7,9,18H,4,8H2,1-3H3/t9-/m0/s1. The van der Waals surface area contributed by atoms with Crippen LogP contribution in [0.15, 0.2) is 18.2 Å². The molecule has 1 atom stereocenters. The lowest BCUT2D eigenvalue weighted by atomic mass is 10.1. The maximum atomic E-state index is 12.6. The SMILES string of the molecule is CCN(CC(F)(F)F)c1cccc(OC)c1[C@H](C)O. The largest absolute Gasteiger partial charge is 0.496 e. The first-order valence-electron chi connectivity index (χ1n) is 5.96. The summed E-state index contributed by atoms with van der Waals surface area (Å²) >= 11 is 0. The first-order chi connectivity index (χ1) is 8.80. The quantitative estimate of drug-likeness (QED) is 0.897. The highest BCUT2D eigenvalue weighted by molar-refractivity contribution is 5.60. The minimum atomic E-state index is -4.30. The molecule has 0 aliphatic heterocycles. The first-order valence-corrected chi connectivity index (χ1v) is 5.96. The van der Waals surface area contributed by atoms with Crippen LogP contribution in [0.2, 0.25) is 0 Å². The van der Waals surface area contributed by atoms with Gasteiger partial charge in [-0.15, -0.1) is 0 Å². The minimum Gasteiger partial charge on any atom is -0.496 e. The Morgan fingerprint density at radius 2 is 2.00 bits per heavy atom. The van der Waals surface area contributed by atoms with Gasteiger partial charge in [-0.25, -0.2) is 0 Å². The van der Waals surface area contributed by atoms with Crippen LogP contribution in [0.4, 0.5) is 18.9 Å². The molecule has 3 nitrogen and oxygen atoms in total. The number of aliphatic hydroxyl groups excluding tert-OH is 1. The molecule has 0 aromatic heterocycles. The van der Waals surface area contributed by atoms with Crippen LogP contribution < -0.4 is 9.64 Å². The molecule has 0 spiro atoms. The summed E-state index contributed by atoms with van der Waals surface area (Å²) in [5.74, 6) is 0.383. The van der Waals surface area contributed by atoms with Crippen molar-refractivity contribution in [2.24, 2.45) is 0 Å². The van der Waals surface area contributed by atoms with Gasteiger partial charge in [0.05, 0.1) is 13.2 Å². The molecular formula is C13H18F3NO2. The van der Waals surface area contributed by atoms with Crippen LogP contribution >= 0.6 is 0 Å². The normalized spacial score (nSPS) is 13.2. The van der Waals surface area contributed by atoms with Gasteiger partial charge in [0.1, 0.15) is 12.3 Å². The lowest BCUT2D eigenvalue weighted by molar-refractivity contribution is -0.119. The molecule has 0 radical (unpaired) electrons. The van der Waals surface area contributed by atoms with Gasteiger partial charge < -0.3 is 14.7 Å². The predicted octanol–water partition coefficient (Wildman–Crippen LogP) is 3.14. The molecule has 6 heteroatoms. The van der Waals surface area contributed by atoms with E-state index in [1.807, 2.05) is 0 Å². The van der Waals surface area contributed by atoms with Crippen LogP contribution in [0, 0.1) is 0 Å². The fourth-order valence-corrected chi connectivity index (χ4v) is 1.99. The van der Waals surface area contributed by atoms with E-state index in [1.165, 1.54) is 18.9 Å². The second kappa shape index (κ2) is 6.14. The van der Waals surface area contributed by atoms with Crippen molar-refractivity contribution < 1.29 is 23.0 Å². The van der Waals surface area contributed by atoms with Crippen molar-refractivity contribution >= 4 is 5.69 Å². The highest BCUT2D eigenvalue weighted by atomic mass is 19.4. The fourth-order valence-electron chi connectivity index (χ4n) is 1.99. The summed E-state index contributed by atoms with van der Waals surface area (Å²) in [7, 11) is 1.42. The minimum absolute atomic E-state index is 0.187. The maximum Gasteiger partial charge on any atom is 0.405 e. The molecule has 0 saturated heterocycles. The Hall–Kier alpha value is -1.43. The van der Waals surface area contributed by atoms with E-state index in [0.29, 0.717) is 17.0 Å². The van der Waals surface area contributed by atoms with E-state index < -0.39 is 18.8 Å². The molecule has 0 bridgehead atoms. The van der Waals surface area contributed by atoms with Gasteiger partial charge in [0.2, 0.25) is 0 Å². The monoisotopic (exact) mass is 277 g/mol. The van der Waals surface area contributed by atoms with Crippen LogP contribution in [0.1, 0.15) is 25.5 Å². The van der Waals surface area contributed by atoms with Gasteiger partial charge in [-0.1, -0.05) is 6.07 Å². The van der Waals surface area contributed by atoms with E-state index in [0.717, 1.165) is 0 Å². The van der Waals surface area contributed by atoms with Crippen molar-refractivity contribution in [3.8, 4) is 5.75 Å². The van der Waals surface area contributed by atoms with Crippen molar-refractivity contribution in [1.29, 1.82) is 0 Å². The Labute approximate surface area is 110 Å². The van der Waals surface area contributed by atoms with Crippen molar-refractivity contribution in [3.63, 3.8) is 0 Å². The van der Waals surface area contributed by atoms with Gasteiger partial charge in [0, 0.05) is 17.8 Å². The highest BCUT2D eigenvalue weighted by Gasteiger charge is 2.31. The third-order valence-corrected chi connectivity index (χ3v) is 2.77. The molecule has 0 heterocycles. The fraction of sp³-hybridized carbons (Fsp3) is 0.538. The molecular weight excluding hydrogens is 259 g/mol. The summed E-state index contributed by atoms with van der Waals surface area (Å²) < 4.78 is 42.8. The number of aliphatic hydroxyl groups is 1. The lowest BCUT2D eigenvalue weighted by Crippen LogP contribution is -2.34. The molecule has 0 aliphatic carbocycles. The number of halogens is 3. The molecule has 0 fully saturated rings. The van der Waals surface area contributed by atoms with E-state index in [9.17, 15) is 18.3 Å². The zero-order valence-electron chi connectivity index (χ0n) is 11.2. The van der Waals surface area contributed by atoms with Crippen LogP contribution in [0.25, 0.3) is 0 Å². The van der Waals surface area contributed by atoms with Crippen LogP contribution in [0.3, 0.4) is 0 Å². The molecule has 1 rings (SSSR count). The predicted molar refractivity (Wildman–Crippen MR) is 67.6 cm³/mol. The molecule has 0 amide bonds. The summed E-state index contributed by atoms with van der Waals surface area (Å²) in [5.41, 5.74) is 0.713. The Morgan fingerprint density at radius 3 is 2.42 bits per heavy atom. The molecule has 19 heavy (non-hydrogen) atoms. The van der Waals surface area contributed by atoms with Crippen LogP contribution in [-0.2, 0) is 0 Å². The van der Waals surface area contributed by atoms with Crippen LogP contribution in [0.5, 0.6) is 5.75 Å². The Bertz CT molecular complexity index is 419. The van der Waals surface area contributed by atoms with Crippen molar-refractivity contribution in [2.45, 2.75) is 26.1 Å². The van der Waals surface area contributed by atoms with Crippen molar-refractivity contribution in [1.82, 2.24) is 0 Å². The smallest absolute Gasteiger partial charge is 0.405 e. The number of nitrogens with zero attached hydrogens (tertiary/aromatic N) is 1. The Morgan fingerprint density at radius 1 is 1.37 bits per heavy atom. The summed E-state index contributed by atoms with van der Waals surface area (Å²) in [5, 5.41) is 9.77. The average molecular weight is 277 g/mol. The second-order valence-corrected chi connectivity index (χ2v) is 4.20. The number of rotatable bonds is 5. The summed E-state index contributed by atoms with van der Waals surface area (Å²) in [6, 6.07) is 4.78. The molecule has 0 saturated carbocycles. The number of methoxy groups -OCH3 is 1. The van der Waals surface area contributed by atoms with Gasteiger partial charge in [-0.05, 0) is 26.0 Å².